The van der Waals surface area contributed by atoms with Crippen molar-refractivity contribution in [2.45, 2.75) is 76.0 Å². The van der Waals surface area contributed by atoms with Crippen molar-refractivity contribution in [3.8, 4) is 0 Å². The molecule has 0 spiro atoms. The SMILES string of the molecule is O=C[C@H](C[C@@H]1CCNC1=O)NC(=O)[C@H](CC1CCCCC1)NC(=O)OC(Cc1cccc(Cl)c1)c1ccccc1. The molecule has 1 aliphatic carbocycles. The molecule has 1 saturated carbocycles. The van der Waals surface area contributed by atoms with Crippen LogP contribution in [0, 0.1) is 11.8 Å². The fourth-order valence-electron chi connectivity index (χ4n) is 5.67. The van der Waals surface area contributed by atoms with E-state index in [0.717, 1.165) is 36.8 Å². The summed E-state index contributed by atoms with van der Waals surface area (Å²) in [5, 5.41) is 8.92. The van der Waals surface area contributed by atoms with Gasteiger partial charge in [0, 0.05) is 23.9 Å². The van der Waals surface area contributed by atoms with Crippen LogP contribution in [0.5, 0.6) is 0 Å². The van der Waals surface area contributed by atoms with Crippen molar-refractivity contribution in [1.82, 2.24) is 16.0 Å². The summed E-state index contributed by atoms with van der Waals surface area (Å²) in [6.07, 6.45) is 6.42. The number of aldehydes is 1. The molecule has 2 aromatic rings. The number of benzene rings is 2. The molecule has 2 aliphatic rings. The second-order valence-electron chi connectivity index (χ2n) is 10.8. The van der Waals surface area contributed by atoms with E-state index in [1.165, 1.54) is 6.42 Å². The zero-order chi connectivity index (χ0) is 28.3. The fourth-order valence-corrected chi connectivity index (χ4v) is 5.89. The maximum Gasteiger partial charge on any atom is 0.408 e. The molecule has 2 fully saturated rings. The van der Waals surface area contributed by atoms with Crippen molar-refractivity contribution in [2.75, 3.05) is 6.54 Å². The van der Waals surface area contributed by atoms with Crippen LogP contribution in [0.15, 0.2) is 54.6 Å². The van der Waals surface area contributed by atoms with Gasteiger partial charge in [0.1, 0.15) is 18.4 Å². The highest BCUT2D eigenvalue weighted by atomic mass is 35.5. The van der Waals surface area contributed by atoms with E-state index >= 15 is 0 Å². The molecule has 4 rings (SSSR count). The largest absolute Gasteiger partial charge is 0.441 e. The van der Waals surface area contributed by atoms with Gasteiger partial charge < -0.3 is 25.5 Å². The van der Waals surface area contributed by atoms with E-state index in [-0.39, 0.29) is 24.2 Å². The van der Waals surface area contributed by atoms with Crippen LogP contribution < -0.4 is 16.0 Å². The van der Waals surface area contributed by atoms with E-state index in [4.69, 9.17) is 16.3 Å². The van der Waals surface area contributed by atoms with Gasteiger partial charge in [0.15, 0.2) is 0 Å². The van der Waals surface area contributed by atoms with Crippen LogP contribution >= 0.6 is 11.6 Å². The van der Waals surface area contributed by atoms with Crippen molar-refractivity contribution < 1.29 is 23.9 Å². The normalized spacial score (nSPS) is 19.6. The lowest BCUT2D eigenvalue weighted by molar-refractivity contribution is -0.127. The molecule has 1 aliphatic heterocycles. The summed E-state index contributed by atoms with van der Waals surface area (Å²) in [5.41, 5.74) is 1.73. The Bertz CT molecular complexity index is 1150. The van der Waals surface area contributed by atoms with Gasteiger partial charge in [-0.2, -0.15) is 0 Å². The highest BCUT2D eigenvalue weighted by molar-refractivity contribution is 6.30. The Labute approximate surface area is 240 Å². The first-order valence-corrected chi connectivity index (χ1v) is 14.6. The molecular weight excluding hydrogens is 530 g/mol. The summed E-state index contributed by atoms with van der Waals surface area (Å²) in [6.45, 7) is 0.568. The molecule has 4 atom stereocenters. The first-order chi connectivity index (χ1) is 19.4. The van der Waals surface area contributed by atoms with Crippen molar-refractivity contribution in [3.05, 3.63) is 70.7 Å². The second-order valence-corrected chi connectivity index (χ2v) is 11.3. The Morgan fingerprint density at radius 3 is 2.45 bits per heavy atom. The Balaban J connectivity index is 1.45. The Hall–Kier alpha value is -3.39. The summed E-state index contributed by atoms with van der Waals surface area (Å²) in [6, 6.07) is 15.2. The number of rotatable bonds is 12. The van der Waals surface area contributed by atoms with E-state index in [1.54, 1.807) is 6.07 Å². The average Bonchev–Trinajstić information content (AvgIpc) is 3.36. The molecule has 0 aromatic heterocycles. The van der Waals surface area contributed by atoms with Gasteiger partial charge in [0.05, 0.1) is 6.04 Å². The monoisotopic (exact) mass is 567 g/mol. The molecule has 0 radical (unpaired) electrons. The summed E-state index contributed by atoms with van der Waals surface area (Å²) in [4.78, 5) is 50.5. The topological polar surface area (TPSA) is 114 Å². The molecule has 1 heterocycles. The van der Waals surface area contributed by atoms with Gasteiger partial charge >= 0.3 is 6.09 Å². The van der Waals surface area contributed by atoms with E-state index in [9.17, 15) is 19.2 Å². The molecule has 40 heavy (non-hydrogen) atoms. The van der Waals surface area contributed by atoms with Crippen LogP contribution in [0.25, 0.3) is 0 Å². The highest BCUT2D eigenvalue weighted by Gasteiger charge is 2.32. The van der Waals surface area contributed by atoms with Gasteiger partial charge in [0.2, 0.25) is 11.8 Å². The van der Waals surface area contributed by atoms with Crippen molar-refractivity contribution in [2.24, 2.45) is 11.8 Å². The van der Waals surface area contributed by atoms with Crippen molar-refractivity contribution in [3.63, 3.8) is 0 Å². The Morgan fingerprint density at radius 1 is 1.00 bits per heavy atom. The fraction of sp³-hybridized carbons (Fsp3) is 0.484. The molecule has 9 heteroatoms. The number of carbonyl (C=O) groups is 4. The van der Waals surface area contributed by atoms with Crippen LogP contribution in [0.1, 0.15) is 68.6 Å². The molecule has 3 amide bonds. The molecule has 2 aromatic carbocycles. The van der Waals surface area contributed by atoms with E-state index in [0.29, 0.717) is 37.1 Å². The lowest BCUT2D eigenvalue weighted by Gasteiger charge is -2.28. The molecule has 0 bridgehead atoms. The minimum atomic E-state index is -0.863. The lowest BCUT2D eigenvalue weighted by atomic mass is 9.84. The number of halogens is 1. The van der Waals surface area contributed by atoms with E-state index in [2.05, 4.69) is 16.0 Å². The van der Waals surface area contributed by atoms with Crippen molar-refractivity contribution in [1.29, 1.82) is 0 Å². The summed E-state index contributed by atoms with van der Waals surface area (Å²) < 4.78 is 5.91. The molecule has 1 unspecified atom stereocenters. The zero-order valence-corrected chi connectivity index (χ0v) is 23.4. The van der Waals surface area contributed by atoms with E-state index in [1.807, 2.05) is 48.5 Å². The second kappa shape index (κ2) is 14.8. The first kappa shape index (κ1) is 29.6. The van der Waals surface area contributed by atoms with Crippen molar-refractivity contribution >= 4 is 35.8 Å². The van der Waals surface area contributed by atoms with E-state index < -0.39 is 30.2 Å². The predicted molar refractivity (Wildman–Crippen MR) is 153 cm³/mol. The third-order valence-electron chi connectivity index (χ3n) is 7.83. The van der Waals surface area contributed by atoms with Crippen LogP contribution in [0.3, 0.4) is 0 Å². The number of hydrogen-bond donors (Lipinski definition) is 3. The summed E-state index contributed by atoms with van der Waals surface area (Å²) in [7, 11) is 0. The minimum absolute atomic E-state index is 0.104. The number of carbonyl (C=O) groups excluding carboxylic acids is 4. The van der Waals surface area contributed by atoms with Gasteiger partial charge in [0.25, 0.3) is 0 Å². The molecular formula is C31H38ClN3O5. The maximum absolute atomic E-state index is 13.4. The van der Waals surface area contributed by atoms with Gasteiger partial charge in [-0.15, -0.1) is 0 Å². The van der Waals surface area contributed by atoms with Crippen LogP contribution in [0.2, 0.25) is 5.02 Å². The summed E-state index contributed by atoms with van der Waals surface area (Å²) >= 11 is 6.18. The number of ether oxygens (including phenoxy) is 1. The standard InChI is InChI=1S/C31H38ClN3O5/c32-25-13-7-10-22(16-25)18-28(23-11-5-2-6-12-23)40-31(39)35-27(17-21-8-3-1-4-9-21)30(38)34-26(20-36)19-24-14-15-33-29(24)37/h2,5-7,10-13,16,20-21,24,26-28H,1,3-4,8-9,14-15,17-19H2,(H,33,37)(H,34,38)(H,35,39)/t24-,26-,27-,28?/m0/s1. The number of nitrogens with one attached hydrogen (secondary N) is 3. The molecule has 8 nitrogen and oxygen atoms in total. The minimum Gasteiger partial charge on any atom is -0.441 e. The van der Waals surface area contributed by atoms with Crippen LogP contribution in [-0.4, -0.2) is 42.8 Å². The number of alkyl carbamates (subject to hydrolysis) is 1. The smallest absolute Gasteiger partial charge is 0.408 e. The zero-order valence-electron chi connectivity index (χ0n) is 22.7. The summed E-state index contributed by atoms with van der Waals surface area (Å²) in [5.74, 6) is -0.572. The molecule has 1 saturated heterocycles. The quantitative estimate of drug-likeness (QED) is 0.316. The van der Waals surface area contributed by atoms with Crippen LogP contribution in [-0.2, 0) is 25.5 Å². The molecule has 3 N–H and O–H groups in total. The third-order valence-corrected chi connectivity index (χ3v) is 8.06. The first-order valence-electron chi connectivity index (χ1n) is 14.2. The number of hydrogen-bond acceptors (Lipinski definition) is 5. The maximum atomic E-state index is 13.4. The van der Waals surface area contributed by atoms with Gasteiger partial charge in [-0.05, 0) is 48.4 Å². The molecule has 214 valence electrons. The lowest BCUT2D eigenvalue weighted by Crippen LogP contribution is -2.51. The van der Waals surface area contributed by atoms with Gasteiger partial charge in [-0.25, -0.2) is 4.79 Å². The number of amides is 3. The Morgan fingerprint density at radius 2 is 1.77 bits per heavy atom. The van der Waals surface area contributed by atoms with Gasteiger partial charge in [-0.3, -0.25) is 9.59 Å². The van der Waals surface area contributed by atoms with Gasteiger partial charge in [-0.1, -0.05) is 86.2 Å². The third kappa shape index (κ3) is 8.81. The highest BCUT2D eigenvalue weighted by Crippen LogP contribution is 2.28. The average molecular weight is 568 g/mol. The predicted octanol–water partition coefficient (Wildman–Crippen LogP) is 4.90. The Kier molecular flexibility index (Phi) is 11.0. The van der Waals surface area contributed by atoms with Crippen LogP contribution in [0.4, 0.5) is 4.79 Å².